The molecule has 25 heavy (non-hydrogen) atoms. The lowest BCUT2D eigenvalue weighted by Gasteiger charge is -2.09. The predicted octanol–water partition coefficient (Wildman–Crippen LogP) is 0.755. The van der Waals surface area contributed by atoms with Gasteiger partial charge in [-0.3, -0.25) is 24.9 Å². The summed E-state index contributed by atoms with van der Waals surface area (Å²) in [6.45, 7) is 2.89. The van der Waals surface area contributed by atoms with Crippen molar-refractivity contribution < 1.29 is 4.79 Å². The fourth-order valence-electron chi connectivity index (χ4n) is 2.86. The van der Waals surface area contributed by atoms with Gasteiger partial charge in [-0.1, -0.05) is 12.1 Å². The van der Waals surface area contributed by atoms with Crippen molar-refractivity contribution >= 4 is 27.8 Å². The van der Waals surface area contributed by atoms with E-state index in [9.17, 15) is 14.4 Å². The highest BCUT2D eigenvalue weighted by molar-refractivity contribution is 5.84. The van der Waals surface area contributed by atoms with E-state index in [-0.39, 0.29) is 5.56 Å². The lowest BCUT2D eigenvalue weighted by molar-refractivity contribution is -0.115. The maximum absolute atomic E-state index is 12.8. The van der Waals surface area contributed by atoms with Crippen LogP contribution in [0.15, 0.2) is 39.9 Å². The van der Waals surface area contributed by atoms with Crippen LogP contribution in [0.3, 0.4) is 0 Å². The third-order valence-electron chi connectivity index (χ3n) is 3.96. The van der Waals surface area contributed by atoms with E-state index in [0.717, 1.165) is 15.7 Å². The lowest BCUT2D eigenvalue weighted by atomic mass is 10.2. The summed E-state index contributed by atoms with van der Waals surface area (Å²) in [6.07, 6.45) is 0. The van der Waals surface area contributed by atoms with Crippen LogP contribution in [0.1, 0.15) is 12.6 Å². The van der Waals surface area contributed by atoms with Gasteiger partial charge in [-0.05, 0) is 19.1 Å². The van der Waals surface area contributed by atoms with E-state index >= 15 is 0 Å². The fourth-order valence-corrected chi connectivity index (χ4v) is 2.86. The molecule has 0 aliphatic rings. The van der Waals surface area contributed by atoms with Crippen molar-refractivity contribution in [2.45, 2.75) is 13.8 Å². The number of aryl methyl sites for hydroxylation is 1. The van der Waals surface area contributed by atoms with Crippen LogP contribution in [0.25, 0.3) is 27.9 Å². The van der Waals surface area contributed by atoms with E-state index in [1.165, 1.54) is 17.7 Å². The smallest absolute Gasteiger partial charge is 0.283 e. The van der Waals surface area contributed by atoms with E-state index in [1.807, 2.05) is 24.3 Å². The number of imidazole rings is 1. The van der Waals surface area contributed by atoms with Gasteiger partial charge in [0, 0.05) is 13.0 Å². The zero-order chi connectivity index (χ0) is 17.7. The molecule has 0 radical (unpaired) electrons. The summed E-state index contributed by atoms with van der Waals surface area (Å²) < 4.78 is 2.30. The van der Waals surface area contributed by atoms with Crippen LogP contribution in [-0.4, -0.2) is 30.3 Å². The molecule has 9 heteroatoms. The third-order valence-corrected chi connectivity index (χ3v) is 3.96. The number of hydrogen-bond donors (Lipinski definition) is 3. The fraction of sp³-hybridized carbons (Fsp3) is 0.125. The third kappa shape index (κ3) is 2.24. The largest absolute Gasteiger partial charge is 0.322 e. The number of nitrogens with zero attached hydrogens (tertiary/aromatic N) is 3. The van der Waals surface area contributed by atoms with Crippen LogP contribution in [0.4, 0.5) is 0 Å². The molecule has 1 aromatic carbocycles. The molecule has 4 rings (SSSR count). The van der Waals surface area contributed by atoms with Crippen molar-refractivity contribution in [2.24, 2.45) is 0 Å². The molecule has 0 spiro atoms. The molecule has 0 saturated carbocycles. The normalized spacial score (nSPS) is 11.3. The summed E-state index contributed by atoms with van der Waals surface area (Å²) in [7, 11) is 0. The van der Waals surface area contributed by atoms with Crippen LogP contribution in [0.2, 0.25) is 0 Å². The highest BCUT2D eigenvalue weighted by Crippen LogP contribution is 2.15. The summed E-state index contributed by atoms with van der Waals surface area (Å²) in [5, 5.41) is 3.19. The number of hydrogen-bond acceptors (Lipinski definition) is 4. The molecule has 9 nitrogen and oxygen atoms in total. The van der Waals surface area contributed by atoms with Gasteiger partial charge in [0.2, 0.25) is 11.9 Å². The number of amides is 1. The minimum Gasteiger partial charge on any atom is -0.322 e. The Balaban J connectivity index is 1.99. The minimum atomic E-state index is -0.446. The van der Waals surface area contributed by atoms with Gasteiger partial charge in [0.25, 0.3) is 11.1 Å². The second-order valence-electron chi connectivity index (χ2n) is 5.69. The summed E-state index contributed by atoms with van der Waals surface area (Å²) in [5.74, 6) is -0.0852. The Morgan fingerprint density at radius 1 is 1.20 bits per heavy atom. The molecule has 3 heterocycles. The van der Waals surface area contributed by atoms with E-state index in [4.69, 9.17) is 0 Å². The average Bonchev–Trinajstić information content (AvgIpc) is 3.12. The first-order chi connectivity index (χ1) is 12.0. The molecular weight excluding hydrogens is 324 g/mol. The molecule has 1 amide bonds. The standard InChI is InChI=1S/C16H14N6O3/c1-8-14-12(7-13(24)21(8)19-9(2)23)20-22(15(14)25)16-17-10-5-3-4-6-11(10)18-16/h3-7,20H,1-2H3,(H,17,18)(H,19,23). The zero-order valence-corrected chi connectivity index (χ0v) is 13.5. The van der Waals surface area contributed by atoms with Gasteiger partial charge < -0.3 is 4.98 Å². The molecule has 0 saturated heterocycles. The van der Waals surface area contributed by atoms with Gasteiger partial charge in [0.1, 0.15) is 0 Å². The SMILES string of the molecule is CC(=O)Nn1c(C)c2c(=O)n(-c3nc4ccccc4[nH]3)[nH]c2cc1=O. The maximum atomic E-state index is 12.8. The zero-order valence-electron chi connectivity index (χ0n) is 13.5. The van der Waals surface area contributed by atoms with Crippen molar-refractivity contribution in [3.05, 3.63) is 56.7 Å². The Morgan fingerprint density at radius 2 is 1.96 bits per heavy atom. The number of fused-ring (bicyclic) bond motifs is 2. The monoisotopic (exact) mass is 338 g/mol. The first-order valence-electron chi connectivity index (χ1n) is 7.56. The van der Waals surface area contributed by atoms with Gasteiger partial charge in [-0.25, -0.2) is 9.66 Å². The molecule has 4 aromatic rings. The Labute approximate surface area is 139 Å². The van der Waals surface area contributed by atoms with Gasteiger partial charge >= 0.3 is 0 Å². The second kappa shape index (κ2) is 5.20. The van der Waals surface area contributed by atoms with Gasteiger partial charge in [0.05, 0.1) is 27.6 Å². The van der Waals surface area contributed by atoms with Crippen molar-refractivity contribution in [1.82, 2.24) is 24.4 Å². The summed E-state index contributed by atoms with van der Waals surface area (Å²) in [4.78, 5) is 43.7. The number of para-hydroxylation sites is 2. The number of aromatic nitrogens is 5. The minimum absolute atomic E-state index is 0.300. The van der Waals surface area contributed by atoms with E-state index < -0.39 is 11.5 Å². The van der Waals surface area contributed by atoms with Crippen molar-refractivity contribution in [1.29, 1.82) is 0 Å². The molecule has 126 valence electrons. The molecule has 0 aliphatic carbocycles. The van der Waals surface area contributed by atoms with Crippen LogP contribution in [-0.2, 0) is 4.79 Å². The van der Waals surface area contributed by atoms with Gasteiger partial charge in [-0.2, -0.15) is 4.68 Å². The van der Waals surface area contributed by atoms with E-state index in [2.05, 4.69) is 20.5 Å². The number of H-pyrrole nitrogens is 2. The summed E-state index contributed by atoms with van der Waals surface area (Å²) in [5.41, 5.74) is 3.82. The molecule has 0 atom stereocenters. The lowest BCUT2D eigenvalue weighted by Crippen LogP contribution is -2.33. The van der Waals surface area contributed by atoms with Crippen LogP contribution < -0.4 is 16.5 Å². The molecule has 0 bridgehead atoms. The van der Waals surface area contributed by atoms with Crippen molar-refractivity contribution in [3.8, 4) is 5.95 Å². The van der Waals surface area contributed by atoms with E-state index in [1.54, 1.807) is 6.92 Å². The number of rotatable bonds is 2. The van der Waals surface area contributed by atoms with Gasteiger partial charge in [-0.15, -0.1) is 0 Å². The predicted molar refractivity (Wildman–Crippen MR) is 92.6 cm³/mol. The topological polar surface area (TPSA) is 118 Å². The Hall–Kier alpha value is -3.62. The first-order valence-corrected chi connectivity index (χ1v) is 7.56. The molecular formula is C16H14N6O3. The van der Waals surface area contributed by atoms with Crippen molar-refractivity contribution in [3.63, 3.8) is 0 Å². The quantitative estimate of drug-likeness (QED) is 0.500. The summed E-state index contributed by atoms with van der Waals surface area (Å²) in [6, 6.07) is 8.66. The number of pyridine rings is 1. The number of nitrogens with one attached hydrogen (secondary N) is 3. The van der Waals surface area contributed by atoms with Crippen molar-refractivity contribution in [2.75, 3.05) is 5.43 Å². The Morgan fingerprint density at radius 3 is 2.68 bits per heavy atom. The molecule has 0 aliphatic heterocycles. The highest BCUT2D eigenvalue weighted by atomic mass is 16.2. The number of aromatic amines is 2. The highest BCUT2D eigenvalue weighted by Gasteiger charge is 2.17. The van der Waals surface area contributed by atoms with E-state index in [0.29, 0.717) is 22.5 Å². The van der Waals surface area contributed by atoms with Crippen LogP contribution >= 0.6 is 0 Å². The Bertz CT molecular complexity index is 1220. The number of benzene rings is 1. The second-order valence-corrected chi connectivity index (χ2v) is 5.69. The summed E-state index contributed by atoms with van der Waals surface area (Å²) >= 11 is 0. The molecule has 3 N–H and O–H groups in total. The number of carbonyl (C=O) groups is 1. The first kappa shape index (κ1) is 14.9. The number of carbonyl (C=O) groups excluding carboxylic acids is 1. The van der Waals surface area contributed by atoms with Crippen LogP contribution in [0.5, 0.6) is 0 Å². The maximum Gasteiger partial charge on any atom is 0.283 e. The van der Waals surface area contributed by atoms with Gasteiger partial charge in [0.15, 0.2) is 0 Å². The molecule has 0 fully saturated rings. The molecule has 3 aromatic heterocycles. The average molecular weight is 338 g/mol. The molecule has 0 unspecified atom stereocenters. The van der Waals surface area contributed by atoms with Crippen LogP contribution in [0, 0.1) is 6.92 Å². The Kier molecular flexibility index (Phi) is 3.11.